The predicted molar refractivity (Wildman–Crippen MR) is 145 cm³/mol. The van der Waals surface area contributed by atoms with Crippen LogP contribution in [0.2, 0.25) is 0 Å². The van der Waals surface area contributed by atoms with Crippen LogP contribution in [0.4, 0.5) is 5.95 Å². The predicted octanol–water partition coefficient (Wildman–Crippen LogP) is 2.37. The Morgan fingerprint density at radius 1 is 0.757 bits per heavy atom. The van der Waals surface area contributed by atoms with Gasteiger partial charge in [0, 0.05) is 77.9 Å². The van der Waals surface area contributed by atoms with Gasteiger partial charge in [-0.3, -0.25) is 24.4 Å². The molecule has 3 aromatic rings. The summed E-state index contributed by atoms with van der Waals surface area (Å²) in [6.07, 6.45) is 1.28. The highest BCUT2D eigenvalue weighted by Gasteiger charge is 2.23. The van der Waals surface area contributed by atoms with Crippen LogP contribution in [0.5, 0.6) is 0 Å². The van der Waals surface area contributed by atoms with Gasteiger partial charge in [0.25, 0.3) is 5.56 Å². The summed E-state index contributed by atoms with van der Waals surface area (Å²) in [4.78, 5) is 41.7. The summed E-state index contributed by atoms with van der Waals surface area (Å²) in [6.45, 7) is 8.20. The normalized spacial score (nSPS) is 17.2. The number of aromatic nitrogens is 2. The van der Waals surface area contributed by atoms with Gasteiger partial charge < -0.3 is 9.80 Å². The van der Waals surface area contributed by atoms with Gasteiger partial charge in [-0.15, -0.1) is 0 Å². The number of nitrogens with one attached hydrogen (secondary N) is 1. The maximum absolute atomic E-state index is 12.7. The zero-order valence-corrected chi connectivity index (χ0v) is 21.4. The van der Waals surface area contributed by atoms with Crippen LogP contribution in [-0.4, -0.2) is 82.9 Å². The minimum atomic E-state index is -0.121. The Labute approximate surface area is 218 Å². The smallest absolute Gasteiger partial charge is 0.252 e. The fourth-order valence-corrected chi connectivity index (χ4v) is 5.12. The summed E-state index contributed by atoms with van der Waals surface area (Å²) in [5.41, 5.74) is 3.21. The first-order chi connectivity index (χ1) is 18.1. The third-order valence-corrected chi connectivity index (χ3v) is 7.28. The molecule has 1 aromatic heterocycles. The van der Waals surface area contributed by atoms with E-state index in [1.54, 1.807) is 6.07 Å². The number of hydrogen-bond acceptors (Lipinski definition) is 6. The maximum Gasteiger partial charge on any atom is 0.252 e. The number of amides is 1. The molecule has 0 spiro atoms. The van der Waals surface area contributed by atoms with Crippen LogP contribution in [0.3, 0.4) is 0 Å². The van der Waals surface area contributed by atoms with Crippen molar-refractivity contribution in [3.8, 4) is 0 Å². The monoisotopic (exact) mass is 500 g/mol. The van der Waals surface area contributed by atoms with Crippen molar-refractivity contribution in [2.24, 2.45) is 0 Å². The molecule has 37 heavy (non-hydrogen) atoms. The molecule has 5 rings (SSSR count). The van der Waals surface area contributed by atoms with E-state index in [-0.39, 0.29) is 11.5 Å². The Morgan fingerprint density at radius 3 is 2.00 bits per heavy atom. The first-order valence-electron chi connectivity index (χ1n) is 13.3. The summed E-state index contributed by atoms with van der Waals surface area (Å²) in [6, 6.07) is 22.3. The molecule has 2 fully saturated rings. The standard InChI is InChI=1S/C29H36N6O2/c36-27-21-26(23-33-15-13-32(14-16-33)22-25-9-5-2-6-10-25)30-29(31-27)35-19-17-34(18-20-35)28(37)12-11-24-7-3-1-4-8-24/h1-10,21H,11-20,22-23H2,(H,30,31,36). The lowest BCUT2D eigenvalue weighted by atomic mass is 10.1. The van der Waals surface area contributed by atoms with Crippen molar-refractivity contribution in [1.82, 2.24) is 24.7 Å². The summed E-state index contributed by atoms with van der Waals surface area (Å²) >= 11 is 0. The van der Waals surface area contributed by atoms with E-state index in [0.717, 1.165) is 44.8 Å². The van der Waals surface area contributed by atoms with Gasteiger partial charge in [0.1, 0.15) is 0 Å². The number of hydrogen-bond donors (Lipinski definition) is 1. The molecule has 0 radical (unpaired) electrons. The van der Waals surface area contributed by atoms with Gasteiger partial charge >= 0.3 is 0 Å². The highest BCUT2D eigenvalue weighted by Crippen LogP contribution is 2.14. The van der Waals surface area contributed by atoms with Crippen LogP contribution in [0, 0.1) is 0 Å². The maximum atomic E-state index is 12.7. The molecule has 194 valence electrons. The van der Waals surface area contributed by atoms with Gasteiger partial charge in [-0.1, -0.05) is 60.7 Å². The number of carbonyl (C=O) groups excluding carboxylic acids is 1. The van der Waals surface area contributed by atoms with Crippen LogP contribution in [0.25, 0.3) is 0 Å². The first-order valence-corrected chi connectivity index (χ1v) is 13.3. The lowest BCUT2D eigenvalue weighted by molar-refractivity contribution is -0.131. The van der Waals surface area contributed by atoms with E-state index >= 15 is 0 Å². The molecule has 8 heteroatoms. The Bertz CT molecular complexity index is 1200. The number of aryl methyl sites for hydroxylation is 1. The molecule has 0 aliphatic carbocycles. The summed E-state index contributed by atoms with van der Waals surface area (Å²) in [7, 11) is 0. The second-order valence-corrected chi connectivity index (χ2v) is 9.95. The fraction of sp³-hybridized carbons (Fsp3) is 0.414. The molecule has 2 aliphatic heterocycles. The van der Waals surface area contributed by atoms with Gasteiger partial charge in [0.15, 0.2) is 0 Å². The largest absolute Gasteiger partial charge is 0.339 e. The third-order valence-electron chi connectivity index (χ3n) is 7.28. The van der Waals surface area contributed by atoms with Gasteiger partial charge in [-0.25, -0.2) is 4.98 Å². The van der Waals surface area contributed by atoms with E-state index in [4.69, 9.17) is 4.98 Å². The molecule has 0 saturated carbocycles. The molecule has 1 amide bonds. The van der Waals surface area contributed by atoms with Crippen LogP contribution >= 0.6 is 0 Å². The molecule has 3 heterocycles. The second kappa shape index (κ2) is 12.2. The van der Waals surface area contributed by atoms with Gasteiger partial charge in [0.05, 0.1) is 5.69 Å². The van der Waals surface area contributed by atoms with Crippen molar-refractivity contribution in [3.05, 3.63) is 93.9 Å². The van der Waals surface area contributed by atoms with Crippen LogP contribution in [0.1, 0.15) is 23.2 Å². The van der Waals surface area contributed by atoms with Gasteiger partial charge in [-0.05, 0) is 17.5 Å². The van der Waals surface area contributed by atoms with Crippen LogP contribution < -0.4 is 10.5 Å². The third kappa shape index (κ3) is 7.05. The number of piperazine rings is 2. The SMILES string of the molecule is O=C(CCc1ccccc1)N1CCN(c2nc(CN3CCN(Cc4ccccc4)CC3)cc(=O)[nH]2)CC1. The highest BCUT2D eigenvalue weighted by atomic mass is 16.2. The lowest BCUT2D eigenvalue weighted by Crippen LogP contribution is -2.49. The van der Waals surface area contributed by atoms with Crippen molar-refractivity contribution in [2.75, 3.05) is 57.3 Å². The molecule has 0 atom stereocenters. The van der Waals surface area contributed by atoms with Crippen LogP contribution in [-0.2, 0) is 24.3 Å². The molecule has 2 aliphatic rings. The number of benzene rings is 2. The van der Waals surface area contributed by atoms with Crippen molar-refractivity contribution in [1.29, 1.82) is 0 Å². The van der Waals surface area contributed by atoms with Crippen molar-refractivity contribution in [2.45, 2.75) is 25.9 Å². The Morgan fingerprint density at radius 2 is 1.35 bits per heavy atom. The van der Waals surface area contributed by atoms with Gasteiger partial charge in [0.2, 0.25) is 11.9 Å². The van der Waals surface area contributed by atoms with E-state index in [1.165, 1.54) is 11.1 Å². The van der Waals surface area contributed by atoms with Crippen molar-refractivity contribution >= 4 is 11.9 Å². The quantitative estimate of drug-likeness (QED) is 0.512. The summed E-state index contributed by atoms with van der Waals surface area (Å²) < 4.78 is 0. The van der Waals surface area contributed by atoms with Crippen LogP contribution in [0.15, 0.2) is 71.5 Å². The minimum Gasteiger partial charge on any atom is -0.339 e. The van der Waals surface area contributed by atoms with E-state index in [0.29, 0.717) is 45.1 Å². The number of anilines is 1. The second-order valence-electron chi connectivity index (χ2n) is 9.95. The first kappa shape index (κ1) is 25.2. The number of nitrogens with zero attached hydrogens (tertiary/aromatic N) is 5. The van der Waals surface area contributed by atoms with E-state index in [1.807, 2.05) is 23.1 Å². The van der Waals surface area contributed by atoms with E-state index in [9.17, 15) is 9.59 Å². The molecule has 8 nitrogen and oxygen atoms in total. The number of H-pyrrole nitrogens is 1. The molecule has 2 aromatic carbocycles. The summed E-state index contributed by atoms with van der Waals surface area (Å²) in [5, 5.41) is 0. The fourth-order valence-electron chi connectivity index (χ4n) is 5.12. The lowest BCUT2D eigenvalue weighted by Gasteiger charge is -2.36. The van der Waals surface area contributed by atoms with Crippen molar-refractivity contribution < 1.29 is 4.79 Å². The zero-order valence-electron chi connectivity index (χ0n) is 21.4. The number of aromatic amines is 1. The Balaban J connectivity index is 1.10. The average molecular weight is 501 g/mol. The van der Waals surface area contributed by atoms with E-state index < -0.39 is 0 Å². The topological polar surface area (TPSA) is 75.8 Å². The van der Waals surface area contributed by atoms with Gasteiger partial charge in [-0.2, -0.15) is 0 Å². The molecule has 2 saturated heterocycles. The number of carbonyl (C=O) groups is 1. The molecule has 0 unspecified atom stereocenters. The Kier molecular flexibility index (Phi) is 8.28. The van der Waals surface area contributed by atoms with Crippen molar-refractivity contribution in [3.63, 3.8) is 0 Å². The summed E-state index contributed by atoms with van der Waals surface area (Å²) in [5.74, 6) is 0.798. The molecular weight excluding hydrogens is 464 g/mol. The average Bonchev–Trinajstić information content (AvgIpc) is 2.94. The number of rotatable bonds is 8. The van der Waals surface area contributed by atoms with E-state index in [2.05, 4.69) is 62.1 Å². The Hall–Kier alpha value is -3.49. The molecule has 0 bridgehead atoms. The minimum absolute atomic E-state index is 0.121. The molecular formula is C29H36N6O2. The zero-order chi connectivity index (χ0) is 25.5. The molecule has 1 N–H and O–H groups in total. The highest BCUT2D eigenvalue weighted by molar-refractivity contribution is 5.76.